The van der Waals surface area contributed by atoms with Crippen LogP contribution < -0.4 is 0 Å². The highest BCUT2D eigenvalue weighted by molar-refractivity contribution is 6.71. The van der Waals surface area contributed by atoms with E-state index in [4.69, 9.17) is 9.16 Å². The molecule has 0 radical (unpaired) electrons. The topological polar surface area (TPSA) is 35.5 Å². The average molecular weight is 204 g/mol. The first-order valence-electron chi connectivity index (χ1n) is 4.75. The molecule has 4 heteroatoms. The minimum absolute atomic E-state index is 0.208. The standard InChI is InChI=1S/C9H20O3Si/c1-5-6-12-13(3,4)8-7-11-9(2)10/h5-8H2,1-4H3. The van der Waals surface area contributed by atoms with Crippen LogP contribution in [-0.4, -0.2) is 27.5 Å². The maximum absolute atomic E-state index is 10.5. The second-order valence-electron chi connectivity index (χ2n) is 3.70. The van der Waals surface area contributed by atoms with E-state index in [1.54, 1.807) is 0 Å². The van der Waals surface area contributed by atoms with Gasteiger partial charge >= 0.3 is 5.97 Å². The molecule has 0 unspecified atom stereocenters. The lowest BCUT2D eigenvalue weighted by Crippen LogP contribution is -2.32. The smallest absolute Gasteiger partial charge is 0.302 e. The molecule has 0 aromatic rings. The van der Waals surface area contributed by atoms with E-state index >= 15 is 0 Å². The largest absolute Gasteiger partial charge is 0.466 e. The summed E-state index contributed by atoms with van der Waals surface area (Å²) in [5.74, 6) is -0.208. The van der Waals surface area contributed by atoms with Gasteiger partial charge in [-0.3, -0.25) is 4.79 Å². The molecule has 0 aromatic heterocycles. The lowest BCUT2D eigenvalue weighted by molar-refractivity contribution is -0.140. The summed E-state index contributed by atoms with van der Waals surface area (Å²) in [6.07, 6.45) is 1.05. The van der Waals surface area contributed by atoms with Crippen molar-refractivity contribution in [2.75, 3.05) is 13.2 Å². The third-order valence-corrected chi connectivity index (χ3v) is 4.10. The van der Waals surface area contributed by atoms with Crippen molar-refractivity contribution in [1.29, 1.82) is 0 Å². The van der Waals surface area contributed by atoms with Gasteiger partial charge in [0.1, 0.15) is 0 Å². The van der Waals surface area contributed by atoms with E-state index in [2.05, 4.69) is 20.0 Å². The zero-order valence-electron chi connectivity index (χ0n) is 9.05. The van der Waals surface area contributed by atoms with Gasteiger partial charge in [-0.15, -0.1) is 0 Å². The van der Waals surface area contributed by atoms with Gasteiger partial charge in [-0.2, -0.15) is 0 Å². The van der Waals surface area contributed by atoms with Gasteiger partial charge in [0, 0.05) is 19.6 Å². The molecule has 0 spiro atoms. The highest BCUT2D eigenvalue weighted by Crippen LogP contribution is 2.11. The van der Waals surface area contributed by atoms with Crippen LogP contribution >= 0.6 is 0 Å². The summed E-state index contributed by atoms with van der Waals surface area (Å²) in [7, 11) is -1.57. The molecule has 0 amide bonds. The van der Waals surface area contributed by atoms with Crippen LogP contribution in [0.5, 0.6) is 0 Å². The van der Waals surface area contributed by atoms with Crippen LogP contribution in [-0.2, 0) is 14.0 Å². The Kier molecular flexibility index (Phi) is 5.99. The Morgan fingerprint density at radius 1 is 1.31 bits per heavy atom. The Hall–Kier alpha value is -0.353. The van der Waals surface area contributed by atoms with Gasteiger partial charge in [0.15, 0.2) is 8.32 Å². The molecule has 0 aromatic carbocycles. The Labute approximate surface area is 81.6 Å². The SMILES string of the molecule is CCCO[Si](C)(C)CCOC(C)=O. The second-order valence-corrected chi connectivity index (χ2v) is 8.01. The summed E-state index contributed by atoms with van der Waals surface area (Å²) in [5, 5.41) is 0. The van der Waals surface area contributed by atoms with Crippen LogP contribution in [0, 0.1) is 0 Å². The van der Waals surface area contributed by atoms with E-state index in [-0.39, 0.29) is 5.97 Å². The Balaban J connectivity index is 3.56. The molecular weight excluding hydrogens is 184 g/mol. The van der Waals surface area contributed by atoms with Crippen LogP contribution in [0.15, 0.2) is 0 Å². The molecule has 0 rings (SSSR count). The van der Waals surface area contributed by atoms with Crippen molar-refractivity contribution >= 4 is 14.3 Å². The molecule has 78 valence electrons. The van der Waals surface area contributed by atoms with Crippen LogP contribution in [0.3, 0.4) is 0 Å². The van der Waals surface area contributed by atoms with Gasteiger partial charge in [0.05, 0.1) is 6.61 Å². The zero-order chi connectivity index (χ0) is 10.3. The van der Waals surface area contributed by atoms with Crippen molar-refractivity contribution in [3.63, 3.8) is 0 Å². The predicted octanol–water partition coefficient (Wildman–Crippen LogP) is 2.18. The molecule has 0 saturated carbocycles. The first-order chi connectivity index (χ1) is 5.98. The second kappa shape index (κ2) is 6.15. The van der Waals surface area contributed by atoms with Crippen LogP contribution in [0.1, 0.15) is 20.3 Å². The molecule has 0 heterocycles. The first-order valence-corrected chi connectivity index (χ1v) is 7.87. The molecule has 0 bridgehead atoms. The molecule has 0 fully saturated rings. The molecule has 0 saturated heterocycles. The number of hydrogen-bond donors (Lipinski definition) is 0. The summed E-state index contributed by atoms with van der Waals surface area (Å²) in [6, 6.07) is 0.882. The molecule has 0 aliphatic heterocycles. The third-order valence-electron chi connectivity index (χ3n) is 1.71. The van der Waals surface area contributed by atoms with Crippen LogP contribution in [0.25, 0.3) is 0 Å². The molecule has 13 heavy (non-hydrogen) atoms. The first kappa shape index (κ1) is 12.6. The van der Waals surface area contributed by atoms with Crippen molar-refractivity contribution in [1.82, 2.24) is 0 Å². The third kappa shape index (κ3) is 7.99. The van der Waals surface area contributed by atoms with E-state index in [0.717, 1.165) is 19.1 Å². The van der Waals surface area contributed by atoms with Crippen molar-refractivity contribution in [3.8, 4) is 0 Å². The fourth-order valence-electron chi connectivity index (χ4n) is 0.891. The van der Waals surface area contributed by atoms with E-state index in [1.165, 1.54) is 6.92 Å². The summed E-state index contributed by atoms with van der Waals surface area (Å²) in [5.41, 5.74) is 0. The normalized spacial score (nSPS) is 11.4. The van der Waals surface area contributed by atoms with Gasteiger partial charge in [-0.1, -0.05) is 6.92 Å². The molecule has 0 N–H and O–H groups in total. The minimum Gasteiger partial charge on any atom is -0.466 e. The van der Waals surface area contributed by atoms with Crippen molar-refractivity contribution < 1.29 is 14.0 Å². The fourth-order valence-corrected chi connectivity index (χ4v) is 2.39. The summed E-state index contributed by atoms with van der Waals surface area (Å²) in [6.45, 7) is 9.13. The van der Waals surface area contributed by atoms with E-state index in [9.17, 15) is 4.79 Å². The van der Waals surface area contributed by atoms with Gasteiger partial charge < -0.3 is 9.16 Å². The van der Waals surface area contributed by atoms with Gasteiger partial charge in [0.2, 0.25) is 0 Å². The lowest BCUT2D eigenvalue weighted by atomic mass is 10.5. The number of carbonyl (C=O) groups excluding carboxylic acids is 1. The van der Waals surface area contributed by atoms with E-state index in [1.807, 2.05) is 0 Å². The number of ether oxygens (including phenoxy) is 1. The Bertz CT molecular complexity index is 157. The number of esters is 1. The summed E-state index contributed by atoms with van der Waals surface area (Å²) >= 11 is 0. The fraction of sp³-hybridized carbons (Fsp3) is 0.889. The van der Waals surface area contributed by atoms with Crippen LogP contribution in [0.2, 0.25) is 19.1 Å². The predicted molar refractivity (Wildman–Crippen MR) is 55.2 cm³/mol. The van der Waals surface area contributed by atoms with Crippen molar-refractivity contribution in [3.05, 3.63) is 0 Å². The maximum atomic E-state index is 10.5. The lowest BCUT2D eigenvalue weighted by Gasteiger charge is -2.21. The number of carbonyl (C=O) groups is 1. The van der Waals surface area contributed by atoms with E-state index < -0.39 is 8.32 Å². The van der Waals surface area contributed by atoms with Gasteiger partial charge in [-0.05, 0) is 19.5 Å². The monoisotopic (exact) mass is 204 g/mol. The highest BCUT2D eigenvalue weighted by Gasteiger charge is 2.21. The maximum Gasteiger partial charge on any atom is 0.302 e. The van der Waals surface area contributed by atoms with Crippen LogP contribution in [0.4, 0.5) is 0 Å². The van der Waals surface area contributed by atoms with Gasteiger partial charge in [-0.25, -0.2) is 0 Å². The van der Waals surface area contributed by atoms with Crippen molar-refractivity contribution in [2.45, 2.75) is 39.4 Å². The summed E-state index contributed by atoms with van der Waals surface area (Å²) in [4.78, 5) is 10.5. The molecular formula is C9H20O3Si. The highest BCUT2D eigenvalue weighted by atomic mass is 28.4. The Morgan fingerprint density at radius 2 is 1.92 bits per heavy atom. The number of rotatable bonds is 6. The van der Waals surface area contributed by atoms with E-state index in [0.29, 0.717) is 6.61 Å². The van der Waals surface area contributed by atoms with Crippen molar-refractivity contribution in [2.24, 2.45) is 0 Å². The molecule has 3 nitrogen and oxygen atoms in total. The minimum atomic E-state index is -1.57. The Morgan fingerprint density at radius 3 is 2.38 bits per heavy atom. The molecule has 0 aliphatic carbocycles. The molecule has 0 aliphatic rings. The van der Waals surface area contributed by atoms with Gasteiger partial charge in [0.25, 0.3) is 0 Å². The quantitative estimate of drug-likeness (QED) is 0.491. The molecule has 0 atom stereocenters. The number of hydrogen-bond acceptors (Lipinski definition) is 3. The zero-order valence-corrected chi connectivity index (χ0v) is 10.1. The average Bonchev–Trinajstić information content (AvgIpc) is 2.00. The summed E-state index contributed by atoms with van der Waals surface area (Å²) < 4.78 is 10.6.